The molecule has 0 aliphatic carbocycles. The van der Waals surface area contributed by atoms with Crippen LogP contribution in [0.15, 0.2) is 58.2 Å². The molecule has 3 aromatic rings. The first-order valence-electron chi connectivity index (χ1n) is 9.73. The van der Waals surface area contributed by atoms with Crippen molar-refractivity contribution in [2.45, 2.75) is 38.4 Å². The lowest BCUT2D eigenvalue weighted by atomic mass is 10.1. The fraction of sp³-hybridized carbons (Fsp3) is 0.273. The Morgan fingerprint density at radius 2 is 1.80 bits per heavy atom. The molecule has 0 radical (unpaired) electrons. The van der Waals surface area contributed by atoms with Crippen LogP contribution in [0.25, 0.3) is 0 Å². The maximum atomic E-state index is 12.5. The summed E-state index contributed by atoms with van der Waals surface area (Å²) in [5, 5.41) is 12.0. The van der Waals surface area contributed by atoms with Gasteiger partial charge in [0.05, 0.1) is 12.2 Å². The Hall–Kier alpha value is -2.45. The maximum Gasteiger partial charge on any atom is 0.232 e. The molecule has 0 atom stereocenters. The number of carbonyl (C=O) groups excluding carboxylic acids is 2. The fourth-order valence-electron chi connectivity index (χ4n) is 3.01. The molecule has 6 nitrogen and oxygen atoms in total. The molecule has 0 fully saturated rings. The number of nitrogens with zero attached hydrogens (tertiary/aromatic N) is 3. The number of hydrogen-bond donors (Lipinski definition) is 1. The molecule has 0 aliphatic rings. The number of Topliss-reactive ketones (excluding diaryl/α,β-unsaturated/α-hetero) is 1. The van der Waals surface area contributed by atoms with E-state index in [0.29, 0.717) is 23.1 Å². The summed E-state index contributed by atoms with van der Waals surface area (Å²) in [6.45, 7) is 4.64. The highest BCUT2D eigenvalue weighted by Crippen LogP contribution is 2.21. The largest absolute Gasteiger partial charge is 0.325 e. The maximum absolute atomic E-state index is 12.5. The van der Waals surface area contributed by atoms with E-state index in [-0.39, 0.29) is 23.9 Å². The first-order valence-corrected chi connectivity index (χ1v) is 11.5. The van der Waals surface area contributed by atoms with Crippen LogP contribution >= 0.6 is 27.7 Å². The average molecular weight is 487 g/mol. The Morgan fingerprint density at radius 1 is 1.07 bits per heavy atom. The van der Waals surface area contributed by atoms with Gasteiger partial charge in [-0.1, -0.05) is 64.9 Å². The number of ketones is 1. The van der Waals surface area contributed by atoms with Crippen molar-refractivity contribution in [3.8, 4) is 0 Å². The number of para-hydroxylation sites is 1. The third kappa shape index (κ3) is 5.58. The first-order chi connectivity index (χ1) is 14.5. The van der Waals surface area contributed by atoms with Crippen LogP contribution in [0, 0.1) is 0 Å². The normalized spacial score (nSPS) is 10.8. The molecule has 0 saturated heterocycles. The number of halogens is 1. The van der Waals surface area contributed by atoms with Crippen molar-refractivity contribution in [2.24, 2.45) is 0 Å². The lowest BCUT2D eigenvalue weighted by Gasteiger charge is -2.10. The van der Waals surface area contributed by atoms with Gasteiger partial charge in [-0.15, -0.1) is 10.2 Å². The topological polar surface area (TPSA) is 76.9 Å². The predicted octanol–water partition coefficient (Wildman–Crippen LogP) is 4.78. The number of rotatable bonds is 9. The van der Waals surface area contributed by atoms with E-state index in [4.69, 9.17) is 0 Å². The van der Waals surface area contributed by atoms with Gasteiger partial charge in [0.25, 0.3) is 0 Å². The highest BCUT2D eigenvalue weighted by molar-refractivity contribution is 9.10. The lowest BCUT2D eigenvalue weighted by molar-refractivity contribution is -0.115. The van der Waals surface area contributed by atoms with Crippen LogP contribution in [0.1, 0.15) is 35.6 Å². The van der Waals surface area contributed by atoms with Crippen LogP contribution in [0.3, 0.4) is 0 Å². The molecule has 0 unspecified atom stereocenters. The van der Waals surface area contributed by atoms with E-state index in [0.717, 1.165) is 22.1 Å². The van der Waals surface area contributed by atoms with Gasteiger partial charge in [-0.25, -0.2) is 0 Å². The number of thioether (sulfide) groups is 1. The molecular formula is C22H23BrN4O2S. The third-order valence-corrected chi connectivity index (χ3v) is 6.09. The van der Waals surface area contributed by atoms with Crippen LogP contribution in [-0.2, 0) is 24.2 Å². The standard InChI is InChI=1S/C22H23BrN4O2S/c1-3-15-7-5-6-8-18(15)24-21(29)13-20-25-26-22(27(20)4-2)30-14-19(28)16-9-11-17(23)12-10-16/h5-12H,3-4,13-14H2,1-2H3,(H,24,29). The highest BCUT2D eigenvalue weighted by atomic mass is 79.9. The Labute approximate surface area is 188 Å². The Morgan fingerprint density at radius 3 is 2.50 bits per heavy atom. The van der Waals surface area contributed by atoms with E-state index in [1.165, 1.54) is 11.8 Å². The number of amides is 1. The predicted molar refractivity (Wildman–Crippen MR) is 123 cm³/mol. The summed E-state index contributed by atoms with van der Waals surface area (Å²) in [5.74, 6) is 0.729. The quantitative estimate of drug-likeness (QED) is 0.347. The second-order valence-corrected chi connectivity index (χ2v) is 8.46. The SMILES string of the molecule is CCc1ccccc1NC(=O)Cc1nnc(SCC(=O)c2ccc(Br)cc2)n1CC. The van der Waals surface area contributed by atoms with Crippen molar-refractivity contribution in [2.75, 3.05) is 11.1 Å². The Balaban J connectivity index is 1.64. The molecule has 2 aromatic carbocycles. The van der Waals surface area contributed by atoms with Gasteiger partial charge in [0, 0.05) is 22.3 Å². The minimum absolute atomic E-state index is 0.0219. The second kappa shape index (κ2) is 10.5. The molecule has 1 N–H and O–H groups in total. The van der Waals surface area contributed by atoms with Gasteiger partial charge in [0.1, 0.15) is 5.82 Å². The molecule has 30 heavy (non-hydrogen) atoms. The summed E-state index contributed by atoms with van der Waals surface area (Å²) in [4.78, 5) is 25.0. The van der Waals surface area contributed by atoms with Crippen LogP contribution in [0.4, 0.5) is 5.69 Å². The van der Waals surface area contributed by atoms with E-state index in [1.54, 1.807) is 12.1 Å². The zero-order valence-corrected chi connectivity index (χ0v) is 19.3. The summed E-state index contributed by atoms with van der Waals surface area (Å²) in [7, 11) is 0. The molecule has 1 aromatic heterocycles. The number of nitrogens with one attached hydrogen (secondary N) is 1. The van der Waals surface area contributed by atoms with Crippen LogP contribution < -0.4 is 5.32 Å². The van der Waals surface area contributed by atoms with Crippen molar-refractivity contribution in [3.05, 3.63) is 70.0 Å². The van der Waals surface area contributed by atoms with E-state index < -0.39 is 0 Å². The van der Waals surface area contributed by atoms with Crippen LogP contribution in [0.2, 0.25) is 0 Å². The Kier molecular flexibility index (Phi) is 7.81. The third-order valence-electron chi connectivity index (χ3n) is 4.60. The van der Waals surface area contributed by atoms with E-state index in [1.807, 2.05) is 47.9 Å². The van der Waals surface area contributed by atoms with E-state index >= 15 is 0 Å². The molecule has 0 aliphatic heterocycles. The molecule has 156 valence electrons. The zero-order chi connectivity index (χ0) is 21.5. The van der Waals surface area contributed by atoms with Crippen molar-refractivity contribution in [1.29, 1.82) is 0 Å². The zero-order valence-electron chi connectivity index (χ0n) is 16.9. The van der Waals surface area contributed by atoms with Gasteiger partial charge in [-0.05, 0) is 37.1 Å². The number of benzene rings is 2. The second-order valence-electron chi connectivity index (χ2n) is 6.60. The molecule has 1 heterocycles. The van der Waals surface area contributed by atoms with Crippen LogP contribution in [-0.4, -0.2) is 32.2 Å². The number of hydrogen-bond acceptors (Lipinski definition) is 5. The number of carbonyl (C=O) groups is 2. The molecule has 0 saturated carbocycles. The summed E-state index contributed by atoms with van der Waals surface area (Å²) in [6, 6.07) is 15.0. The number of anilines is 1. The monoisotopic (exact) mass is 486 g/mol. The van der Waals surface area contributed by atoms with Crippen molar-refractivity contribution in [3.63, 3.8) is 0 Å². The number of aryl methyl sites for hydroxylation is 1. The number of aromatic nitrogens is 3. The molecule has 8 heteroatoms. The molecule has 0 spiro atoms. The lowest BCUT2D eigenvalue weighted by Crippen LogP contribution is -2.18. The van der Waals surface area contributed by atoms with Crippen molar-refractivity contribution in [1.82, 2.24) is 14.8 Å². The highest BCUT2D eigenvalue weighted by Gasteiger charge is 2.17. The molecule has 0 bridgehead atoms. The summed E-state index contributed by atoms with van der Waals surface area (Å²) >= 11 is 4.70. The van der Waals surface area contributed by atoms with Gasteiger partial charge in [0.15, 0.2) is 10.9 Å². The van der Waals surface area contributed by atoms with Crippen LogP contribution in [0.5, 0.6) is 0 Å². The summed E-state index contributed by atoms with van der Waals surface area (Å²) < 4.78 is 2.81. The van der Waals surface area contributed by atoms with E-state index in [9.17, 15) is 9.59 Å². The van der Waals surface area contributed by atoms with Gasteiger partial charge in [0.2, 0.25) is 5.91 Å². The first kappa shape index (κ1) is 22.2. The van der Waals surface area contributed by atoms with Gasteiger partial charge < -0.3 is 9.88 Å². The molecule has 3 rings (SSSR count). The average Bonchev–Trinajstić information content (AvgIpc) is 3.14. The minimum atomic E-state index is -0.138. The smallest absolute Gasteiger partial charge is 0.232 e. The van der Waals surface area contributed by atoms with E-state index in [2.05, 4.69) is 38.4 Å². The van der Waals surface area contributed by atoms with Gasteiger partial charge in [-0.3, -0.25) is 9.59 Å². The fourth-order valence-corrected chi connectivity index (χ4v) is 4.19. The van der Waals surface area contributed by atoms with Gasteiger partial charge in [-0.2, -0.15) is 0 Å². The minimum Gasteiger partial charge on any atom is -0.325 e. The summed E-state index contributed by atoms with van der Waals surface area (Å²) in [5.41, 5.74) is 2.57. The molecule has 1 amide bonds. The van der Waals surface area contributed by atoms with Gasteiger partial charge >= 0.3 is 0 Å². The molecular weight excluding hydrogens is 464 g/mol. The van der Waals surface area contributed by atoms with Crippen molar-refractivity contribution >= 4 is 45.1 Å². The van der Waals surface area contributed by atoms with Crippen molar-refractivity contribution < 1.29 is 9.59 Å². The Bertz CT molecular complexity index is 1030. The summed E-state index contributed by atoms with van der Waals surface area (Å²) in [6.07, 6.45) is 0.967.